The summed E-state index contributed by atoms with van der Waals surface area (Å²) in [6.45, 7) is 8.24. The quantitative estimate of drug-likeness (QED) is 0.485. The molecule has 0 bridgehead atoms. The maximum atomic E-state index is 3.93. The zero-order valence-corrected chi connectivity index (χ0v) is 6.85. The standard InChI is InChI=1S/C10H15/c1-8(2)10-6-4-9(3)5-7-10/h7,9-10H,1,4,6H2,2-3H3. The molecular formula is C10H15. The number of allylic oxidation sites excluding steroid dienone is 3. The van der Waals surface area contributed by atoms with Crippen LogP contribution in [0.2, 0.25) is 0 Å². The van der Waals surface area contributed by atoms with Gasteiger partial charge in [0.15, 0.2) is 0 Å². The Labute approximate surface area is 63.6 Å². The van der Waals surface area contributed by atoms with Crippen LogP contribution in [-0.2, 0) is 0 Å². The van der Waals surface area contributed by atoms with E-state index < -0.39 is 0 Å². The second-order valence-electron chi connectivity index (χ2n) is 3.26. The number of hydrogen-bond acceptors (Lipinski definition) is 0. The van der Waals surface area contributed by atoms with Crippen molar-refractivity contribution in [2.45, 2.75) is 26.7 Å². The molecule has 0 saturated heterocycles. The van der Waals surface area contributed by atoms with E-state index in [9.17, 15) is 0 Å². The minimum atomic E-state index is 0.608. The largest absolute Gasteiger partial charge is 0.0995 e. The molecule has 55 valence electrons. The predicted octanol–water partition coefficient (Wildman–Crippen LogP) is 2.97. The fraction of sp³-hybridized carbons (Fsp3) is 0.600. The Morgan fingerprint density at radius 2 is 2.30 bits per heavy atom. The van der Waals surface area contributed by atoms with Crippen molar-refractivity contribution in [3.8, 4) is 0 Å². The molecule has 0 fully saturated rings. The van der Waals surface area contributed by atoms with E-state index in [1.165, 1.54) is 18.4 Å². The van der Waals surface area contributed by atoms with Crippen LogP contribution in [0, 0.1) is 17.9 Å². The van der Waals surface area contributed by atoms with Crippen LogP contribution in [0.15, 0.2) is 18.2 Å². The van der Waals surface area contributed by atoms with Gasteiger partial charge in [-0.2, -0.15) is 0 Å². The average molecular weight is 135 g/mol. The van der Waals surface area contributed by atoms with Crippen LogP contribution < -0.4 is 0 Å². The molecule has 0 heterocycles. The molecule has 0 aromatic rings. The summed E-state index contributed by atoms with van der Waals surface area (Å²) < 4.78 is 0. The third kappa shape index (κ3) is 1.73. The first-order valence-electron chi connectivity index (χ1n) is 3.95. The molecule has 2 unspecified atom stereocenters. The minimum absolute atomic E-state index is 0.608. The highest BCUT2D eigenvalue weighted by atomic mass is 14.2. The van der Waals surface area contributed by atoms with Gasteiger partial charge in [-0.25, -0.2) is 0 Å². The highest BCUT2D eigenvalue weighted by Gasteiger charge is 2.12. The van der Waals surface area contributed by atoms with E-state index in [-0.39, 0.29) is 0 Å². The summed E-state index contributed by atoms with van der Waals surface area (Å²) in [4.78, 5) is 0. The molecule has 1 aliphatic rings. The summed E-state index contributed by atoms with van der Waals surface area (Å²) in [5.74, 6) is 1.27. The lowest BCUT2D eigenvalue weighted by atomic mass is 9.86. The average Bonchev–Trinajstić information content (AvgIpc) is 1.88. The molecule has 1 rings (SSSR count). The van der Waals surface area contributed by atoms with Gasteiger partial charge in [0.25, 0.3) is 0 Å². The lowest BCUT2D eigenvalue weighted by molar-refractivity contribution is 0.505. The van der Waals surface area contributed by atoms with Crippen molar-refractivity contribution in [3.63, 3.8) is 0 Å². The topological polar surface area (TPSA) is 0 Å². The zero-order chi connectivity index (χ0) is 7.56. The van der Waals surface area contributed by atoms with Crippen molar-refractivity contribution < 1.29 is 0 Å². The lowest BCUT2D eigenvalue weighted by Crippen LogP contribution is -2.06. The zero-order valence-electron chi connectivity index (χ0n) is 6.85. The van der Waals surface area contributed by atoms with Gasteiger partial charge in [0.05, 0.1) is 0 Å². The monoisotopic (exact) mass is 135 g/mol. The smallest absolute Gasteiger partial charge is 0.00225 e. The SMILES string of the molecule is C=C(C)C1C=[C]C(C)CC1. The molecule has 0 N–H and O–H groups in total. The molecule has 0 nitrogen and oxygen atoms in total. The van der Waals surface area contributed by atoms with E-state index in [0.717, 1.165) is 0 Å². The molecule has 0 aromatic carbocycles. The van der Waals surface area contributed by atoms with Crippen molar-refractivity contribution in [3.05, 3.63) is 24.3 Å². The van der Waals surface area contributed by atoms with E-state index in [4.69, 9.17) is 0 Å². The van der Waals surface area contributed by atoms with Crippen molar-refractivity contribution in [2.24, 2.45) is 11.8 Å². The van der Waals surface area contributed by atoms with E-state index in [2.05, 4.69) is 32.6 Å². The maximum Gasteiger partial charge on any atom is -0.00225 e. The molecule has 1 radical (unpaired) electrons. The second-order valence-corrected chi connectivity index (χ2v) is 3.26. The van der Waals surface area contributed by atoms with Gasteiger partial charge in [0.1, 0.15) is 0 Å². The third-order valence-electron chi connectivity index (χ3n) is 2.13. The molecule has 0 saturated carbocycles. The van der Waals surface area contributed by atoms with Gasteiger partial charge in [-0.3, -0.25) is 0 Å². The van der Waals surface area contributed by atoms with Crippen LogP contribution in [0.4, 0.5) is 0 Å². The fourth-order valence-electron chi connectivity index (χ4n) is 1.27. The minimum Gasteiger partial charge on any atom is -0.0995 e. The lowest BCUT2D eigenvalue weighted by Gasteiger charge is -2.19. The Morgan fingerprint density at radius 3 is 2.70 bits per heavy atom. The van der Waals surface area contributed by atoms with Crippen molar-refractivity contribution >= 4 is 0 Å². The molecule has 1 aliphatic carbocycles. The molecule has 0 heteroatoms. The number of rotatable bonds is 1. The van der Waals surface area contributed by atoms with Gasteiger partial charge < -0.3 is 0 Å². The van der Waals surface area contributed by atoms with Crippen LogP contribution >= 0.6 is 0 Å². The Morgan fingerprint density at radius 1 is 1.60 bits per heavy atom. The molecule has 10 heavy (non-hydrogen) atoms. The summed E-state index contributed by atoms with van der Waals surface area (Å²) >= 11 is 0. The van der Waals surface area contributed by atoms with Crippen molar-refractivity contribution in [2.75, 3.05) is 0 Å². The van der Waals surface area contributed by atoms with Gasteiger partial charge in [0, 0.05) is 0 Å². The van der Waals surface area contributed by atoms with Gasteiger partial charge >= 0.3 is 0 Å². The molecule has 0 spiro atoms. The van der Waals surface area contributed by atoms with Crippen molar-refractivity contribution in [1.29, 1.82) is 0 Å². The van der Waals surface area contributed by atoms with Gasteiger partial charge in [-0.15, -0.1) is 0 Å². The fourth-order valence-corrected chi connectivity index (χ4v) is 1.27. The third-order valence-corrected chi connectivity index (χ3v) is 2.13. The molecule has 2 atom stereocenters. The first-order valence-corrected chi connectivity index (χ1v) is 3.95. The first-order chi connectivity index (χ1) is 4.70. The normalized spacial score (nSPS) is 32.2. The molecule has 0 aromatic heterocycles. The van der Waals surface area contributed by atoms with E-state index in [1.807, 2.05) is 0 Å². The molecular weight excluding hydrogens is 120 g/mol. The van der Waals surface area contributed by atoms with Gasteiger partial charge in [0.2, 0.25) is 0 Å². The van der Waals surface area contributed by atoms with Crippen LogP contribution in [0.1, 0.15) is 26.7 Å². The highest BCUT2D eigenvalue weighted by Crippen LogP contribution is 2.25. The second kappa shape index (κ2) is 3.05. The van der Waals surface area contributed by atoms with Crippen molar-refractivity contribution in [1.82, 2.24) is 0 Å². The summed E-state index contributed by atoms with van der Waals surface area (Å²) in [6.07, 6.45) is 8.04. The Kier molecular flexibility index (Phi) is 2.31. The van der Waals surface area contributed by atoms with Crippen LogP contribution in [0.3, 0.4) is 0 Å². The van der Waals surface area contributed by atoms with E-state index in [0.29, 0.717) is 11.8 Å². The summed E-state index contributed by atoms with van der Waals surface area (Å²) in [7, 11) is 0. The van der Waals surface area contributed by atoms with Crippen LogP contribution in [-0.4, -0.2) is 0 Å². The van der Waals surface area contributed by atoms with Gasteiger partial charge in [-0.1, -0.05) is 25.2 Å². The Hall–Kier alpha value is -0.520. The first kappa shape index (κ1) is 7.59. The van der Waals surface area contributed by atoms with Gasteiger partial charge in [-0.05, 0) is 37.7 Å². The van der Waals surface area contributed by atoms with E-state index >= 15 is 0 Å². The molecule has 0 aliphatic heterocycles. The maximum absolute atomic E-state index is 3.93. The van der Waals surface area contributed by atoms with E-state index in [1.54, 1.807) is 0 Å². The summed E-state index contributed by atoms with van der Waals surface area (Å²) in [5.41, 5.74) is 1.28. The highest BCUT2D eigenvalue weighted by molar-refractivity contribution is 5.07. The number of hydrogen-bond donors (Lipinski definition) is 0. The molecule has 0 amide bonds. The summed E-state index contributed by atoms with van der Waals surface area (Å²) in [6, 6.07) is 0. The Bertz CT molecular complexity index is 153. The summed E-state index contributed by atoms with van der Waals surface area (Å²) in [5, 5.41) is 0. The van der Waals surface area contributed by atoms with Crippen LogP contribution in [0.25, 0.3) is 0 Å². The predicted molar refractivity (Wildman–Crippen MR) is 44.5 cm³/mol. The Balaban J connectivity index is 2.53. The van der Waals surface area contributed by atoms with Crippen LogP contribution in [0.5, 0.6) is 0 Å².